The van der Waals surface area contributed by atoms with Gasteiger partial charge >= 0.3 is 5.82 Å². The molecule has 0 saturated heterocycles. The SMILES string of the molecule is NC1C2CC3CC1CC(c1cccnc1[N+](=O)[O-])(C3)C2. The molecule has 5 nitrogen and oxygen atoms in total. The summed E-state index contributed by atoms with van der Waals surface area (Å²) in [5.41, 5.74) is 7.17. The lowest BCUT2D eigenvalue weighted by Crippen LogP contribution is -2.58. The molecule has 4 bridgehead atoms. The molecule has 5 rings (SSSR count). The summed E-state index contributed by atoms with van der Waals surface area (Å²) in [6.07, 6.45) is 7.05. The third kappa shape index (κ3) is 1.56. The van der Waals surface area contributed by atoms with Gasteiger partial charge in [-0.1, -0.05) is 0 Å². The van der Waals surface area contributed by atoms with E-state index in [2.05, 4.69) is 4.98 Å². The van der Waals surface area contributed by atoms with Crippen LogP contribution in [0.3, 0.4) is 0 Å². The average Bonchev–Trinajstić information content (AvgIpc) is 2.43. The van der Waals surface area contributed by atoms with Gasteiger partial charge in [-0.05, 0) is 71.9 Å². The van der Waals surface area contributed by atoms with Gasteiger partial charge in [-0.15, -0.1) is 0 Å². The zero-order valence-electron chi connectivity index (χ0n) is 11.4. The number of hydrogen-bond donors (Lipinski definition) is 1. The molecule has 0 radical (unpaired) electrons. The van der Waals surface area contributed by atoms with E-state index in [1.165, 1.54) is 19.0 Å². The Balaban J connectivity index is 1.81. The number of aromatic nitrogens is 1. The van der Waals surface area contributed by atoms with E-state index < -0.39 is 0 Å². The molecule has 20 heavy (non-hydrogen) atoms. The Bertz CT molecular complexity index is 558. The van der Waals surface area contributed by atoms with Gasteiger partial charge < -0.3 is 15.8 Å². The Morgan fingerprint density at radius 3 is 2.65 bits per heavy atom. The van der Waals surface area contributed by atoms with Crippen molar-refractivity contribution in [1.29, 1.82) is 0 Å². The quantitative estimate of drug-likeness (QED) is 0.662. The number of rotatable bonds is 2. The predicted octanol–water partition coefficient (Wildman–Crippen LogP) is 2.39. The van der Waals surface area contributed by atoms with Crippen molar-refractivity contribution in [3.63, 3.8) is 0 Å². The van der Waals surface area contributed by atoms with Gasteiger partial charge in [-0.3, -0.25) is 0 Å². The highest BCUT2D eigenvalue weighted by Gasteiger charge is 2.56. The summed E-state index contributed by atoms with van der Waals surface area (Å²) in [5, 5.41) is 11.3. The molecule has 0 spiro atoms. The molecular formula is C15H19N3O2. The first-order valence-corrected chi connectivity index (χ1v) is 7.44. The van der Waals surface area contributed by atoms with Gasteiger partial charge in [0.05, 0.1) is 5.56 Å². The van der Waals surface area contributed by atoms with E-state index in [1.807, 2.05) is 12.1 Å². The minimum Gasteiger partial charge on any atom is -0.358 e. The molecule has 2 unspecified atom stereocenters. The number of nitrogens with zero attached hydrogens (tertiary/aromatic N) is 2. The normalized spacial score (nSPS) is 41.9. The Morgan fingerprint density at radius 2 is 2.00 bits per heavy atom. The first kappa shape index (κ1) is 12.3. The molecule has 4 fully saturated rings. The summed E-state index contributed by atoms with van der Waals surface area (Å²) < 4.78 is 0. The summed E-state index contributed by atoms with van der Waals surface area (Å²) in [7, 11) is 0. The van der Waals surface area contributed by atoms with Crippen LogP contribution in [0.2, 0.25) is 0 Å². The predicted molar refractivity (Wildman–Crippen MR) is 74.1 cm³/mol. The maximum absolute atomic E-state index is 11.3. The van der Waals surface area contributed by atoms with Crippen LogP contribution < -0.4 is 5.73 Å². The fraction of sp³-hybridized carbons (Fsp3) is 0.667. The topological polar surface area (TPSA) is 82.0 Å². The lowest BCUT2D eigenvalue weighted by molar-refractivity contribution is -0.391. The Labute approximate surface area is 117 Å². The van der Waals surface area contributed by atoms with Gasteiger partial charge in [0.1, 0.15) is 6.20 Å². The Hall–Kier alpha value is -1.49. The molecule has 1 heterocycles. The smallest absolute Gasteiger partial charge is 0.358 e. The summed E-state index contributed by atoms with van der Waals surface area (Å²) in [4.78, 5) is 15.0. The van der Waals surface area contributed by atoms with Crippen LogP contribution >= 0.6 is 0 Å². The first-order chi connectivity index (χ1) is 9.59. The third-order valence-corrected chi connectivity index (χ3v) is 5.88. The monoisotopic (exact) mass is 273 g/mol. The standard InChI is InChI=1S/C15H19N3O2/c16-13-10-4-9-5-11(13)8-15(6-9,7-10)12-2-1-3-17-14(12)18(19)20/h1-3,9-11,13H,4-8,16H2. The van der Waals surface area contributed by atoms with Gasteiger partial charge in [0, 0.05) is 11.5 Å². The van der Waals surface area contributed by atoms with E-state index in [9.17, 15) is 10.1 Å². The van der Waals surface area contributed by atoms with E-state index in [0.29, 0.717) is 23.8 Å². The molecule has 5 heteroatoms. The lowest BCUT2D eigenvalue weighted by atomic mass is 9.46. The highest BCUT2D eigenvalue weighted by Crippen LogP contribution is 2.61. The molecule has 0 amide bonds. The van der Waals surface area contributed by atoms with Crippen molar-refractivity contribution in [1.82, 2.24) is 4.98 Å². The molecule has 1 aromatic heterocycles. The van der Waals surface area contributed by atoms with Crippen LogP contribution in [0.5, 0.6) is 0 Å². The molecule has 0 aromatic carbocycles. The third-order valence-electron chi connectivity index (χ3n) is 5.88. The lowest BCUT2D eigenvalue weighted by Gasteiger charge is -2.59. The van der Waals surface area contributed by atoms with Crippen molar-refractivity contribution in [3.05, 3.63) is 34.0 Å². The van der Waals surface area contributed by atoms with Gasteiger partial charge in [-0.25, -0.2) is 0 Å². The Morgan fingerprint density at radius 1 is 1.30 bits per heavy atom. The molecule has 2 atom stereocenters. The molecular weight excluding hydrogens is 254 g/mol. The molecule has 4 aliphatic carbocycles. The summed E-state index contributed by atoms with van der Waals surface area (Å²) in [5.74, 6) is 1.84. The second-order valence-corrected chi connectivity index (χ2v) is 6.96. The minimum atomic E-state index is -0.326. The summed E-state index contributed by atoms with van der Waals surface area (Å²) in [6, 6.07) is 4.06. The van der Waals surface area contributed by atoms with E-state index >= 15 is 0 Å². The highest BCUT2D eigenvalue weighted by atomic mass is 16.6. The van der Waals surface area contributed by atoms with Crippen LogP contribution in [0.25, 0.3) is 0 Å². The van der Waals surface area contributed by atoms with E-state index in [1.54, 1.807) is 0 Å². The fourth-order valence-corrected chi connectivity index (χ4v) is 5.35. The molecule has 1 aromatic rings. The first-order valence-electron chi connectivity index (χ1n) is 7.44. The van der Waals surface area contributed by atoms with Crippen molar-refractivity contribution in [2.75, 3.05) is 0 Å². The number of hydrogen-bond acceptors (Lipinski definition) is 4. The fourth-order valence-electron chi connectivity index (χ4n) is 5.35. The highest BCUT2D eigenvalue weighted by molar-refractivity contribution is 5.41. The maximum Gasteiger partial charge on any atom is 0.367 e. The second kappa shape index (κ2) is 4.01. The molecule has 4 saturated carbocycles. The number of pyridine rings is 1. The van der Waals surface area contributed by atoms with Crippen molar-refractivity contribution in [3.8, 4) is 0 Å². The Kier molecular flexibility index (Phi) is 2.46. The minimum absolute atomic E-state index is 0.0387. The molecule has 0 aliphatic heterocycles. The van der Waals surface area contributed by atoms with Crippen LogP contribution in [0.15, 0.2) is 18.3 Å². The summed E-state index contributed by atoms with van der Waals surface area (Å²) in [6.45, 7) is 0. The van der Waals surface area contributed by atoms with Crippen LogP contribution in [0, 0.1) is 27.9 Å². The van der Waals surface area contributed by atoms with Crippen LogP contribution in [-0.2, 0) is 5.41 Å². The largest absolute Gasteiger partial charge is 0.367 e. The zero-order chi connectivity index (χ0) is 13.9. The van der Waals surface area contributed by atoms with Crippen LogP contribution in [0.4, 0.5) is 5.82 Å². The van der Waals surface area contributed by atoms with Crippen LogP contribution in [0.1, 0.15) is 37.7 Å². The zero-order valence-corrected chi connectivity index (χ0v) is 11.4. The van der Waals surface area contributed by atoms with Crippen molar-refractivity contribution < 1.29 is 4.92 Å². The van der Waals surface area contributed by atoms with Gasteiger partial charge in [0.2, 0.25) is 0 Å². The van der Waals surface area contributed by atoms with Gasteiger partial charge in [0.25, 0.3) is 0 Å². The number of nitro groups is 1. The number of nitrogens with two attached hydrogens (primary N) is 1. The van der Waals surface area contributed by atoms with Crippen molar-refractivity contribution in [2.45, 2.75) is 43.6 Å². The molecule has 2 N–H and O–H groups in total. The van der Waals surface area contributed by atoms with Crippen LogP contribution in [-0.4, -0.2) is 15.9 Å². The van der Waals surface area contributed by atoms with E-state index in [0.717, 1.165) is 24.8 Å². The van der Waals surface area contributed by atoms with Crippen molar-refractivity contribution in [2.24, 2.45) is 23.5 Å². The molecule has 106 valence electrons. The second-order valence-electron chi connectivity index (χ2n) is 6.96. The van der Waals surface area contributed by atoms with Gasteiger partial charge in [-0.2, -0.15) is 0 Å². The maximum atomic E-state index is 11.3. The van der Waals surface area contributed by atoms with Crippen molar-refractivity contribution >= 4 is 5.82 Å². The van der Waals surface area contributed by atoms with E-state index in [-0.39, 0.29) is 16.2 Å². The summed E-state index contributed by atoms with van der Waals surface area (Å²) >= 11 is 0. The average molecular weight is 273 g/mol. The van der Waals surface area contributed by atoms with E-state index in [4.69, 9.17) is 5.73 Å². The molecule has 4 aliphatic rings. The van der Waals surface area contributed by atoms with Gasteiger partial charge in [0.15, 0.2) is 0 Å².